The first-order valence-electron chi connectivity index (χ1n) is 10.5. The van der Waals surface area contributed by atoms with Crippen LogP contribution in [0.4, 0.5) is 5.69 Å². The first-order chi connectivity index (χ1) is 13.9. The minimum absolute atomic E-state index is 0.0165. The molecule has 3 nitrogen and oxygen atoms in total. The molecule has 0 aromatic heterocycles. The lowest BCUT2D eigenvalue weighted by molar-refractivity contribution is 0.303. The second kappa shape index (κ2) is 10.2. The molecular weight excluding hydrogens is 425 g/mol. The Balaban J connectivity index is 1.60. The predicted octanol–water partition coefficient (Wildman–Crippen LogP) is 7.65. The summed E-state index contributed by atoms with van der Waals surface area (Å²) in [6.07, 6.45) is 10.4. The van der Waals surface area contributed by atoms with Gasteiger partial charge in [-0.25, -0.2) is 8.42 Å². The van der Waals surface area contributed by atoms with Crippen molar-refractivity contribution in [3.8, 4) is 0 Å². The second-order valence-corrected chi connectivity index (χ2v) is 10.5. The smallest absolute Gasteiger partial charge is 0.263 e. The van der Waals surface area contributed by atoms with Gasteiger partial charge in [-0.1, -0.05) is 67.9 Å². The molecule has 0 spiro atoms. The van der Waals surface area contributed by atoms with E-state index in [-0.39, 0.29) is 9.92 Å². The quantitative estimate of drug-likeness (QED) is 0.417. The molecule has 2 aromatic rings. The third-order valence-electron chi connectivity index (χ3n) is 5.88. The van der Waals surface area contributed by atoms with E-state index in [4.69, 9.17) is 23.2 Å². The zero-order chi connectivity index (χ0) is 20.9. The van der Waals surface area contributed by atoms with Gasteiger partial charge in [-0.3, -0.25) is 4.72 Å². The molecule has 0 heterocycles. The molecule has 0 aliphatic heterocycles. The van der Waals surface area contributed by atoms with Crippen LogP contribution in [0.2, 0.25) is 10.0 Å². The van der Waals surface area contributed by atoms with Crippen LogP contribution in [0.3, 0.4) is 0 Å². The fourth-order valence-corrected chi connectivity index (χ4v) is 6.01. The molecule has 1 fully saturated rings. The van der Waals surface area contributed by atoms with Crippen LogP contribution in [0.15, 0.2) is 47.4 Å². The lowest BCUT2D eigenvalue weighted by Gasteiger charge is -2.29. The molecule has 3 rings (SSSR count). The monoisotopic (exact) mass is 453 g/mol. The Bertz CT molecular complexity index is 905. The summed E-state index contributed by atoms with van der Waals surface area (Å²) in [5.41, 5.74) is 1.82. The van der Waals surface area contributed by atoms with E-state index in [1.807, 2.05) is 24.3 Å². The summed E-state index contributed by atoms with van der Waals surface area (Å²) in [5, 5.41) is 0.477. The Kier molecular flexibility index (Phi) is 7.89. The van der Waals surface area contributed by atoms with Crippen LogP contribution in [0.25, 0.3) is 0 Å². The standard InChI is InChI=1S/C23H29Cl2NO2S/c1-2-3-4-5-17-6-8-18(9-7-17)19-10-13-21(14-11-19)26-29(27,28)23-16-20(24)12-15-22(23)25/h10-18,26H,2-9H2,1H3. The van der Waals surface area contributed by atoms with Gasteiger partial charge < -0.3 is 0 Å². The Hall–Kier alpha value is -1.23. The number of rotatable bonds is 8. The van der Waals surface area contributed by atoms with E-state index in [2.05, 4.69) is 11.6 Å². The number of hydrogen-bond acceptors (Lipinski definition) is 2. The first-order valence-corrected chi connectivity index (χ1v) is 12.7. The van der Waals surface area contributed by atoms with E-state index >= 15 is 0 Å². The summed E-state index contributed by atoms with van der Waals surface area (Å²) in [6.45, 7) is 2.25. The third kappa shape index (κ3) is 6.13. The maximum absolute atomic E-state index is 12.7. The van der Waals surface area contributed by atoms with E-state index in [0.29, 0.717) is 16.6 Å². The summed E-state index contributed by atoms with van der Waals surface area (Å²) in [6, 6.07) is 12.2. The second-order valence-electron chi connectivity index (χ2n) is 8.02. The van der Waals surface area contributed by atoms with Gasteiger partial charge in [0.05, 0.1) is 5.02 Å². The number of unbranched alkanes of at least 4 members (excludes halogenated alkanes) is 2. The minimum atomic E-state index is -3.79. The number of halogens is 2. The van der Waals surface area contributed by atoms with Crippen LogP contribution >= 0.6 is 23.2 Å². The van der Waals surface area contributed by atoms with E-state index < -0.39 is 10.0 Å². The molecule has 0 radical (unpaired) electrons. The molecule has 0 amide bonds. The molecule has 0 bridgehead atoms. The number of anilines is 1. The van der Waals surface area contributed by atoms with Crippen LogP contribution in [-0.2, 0) is 10.0 Å². The van der Waals surface area contributed by atoms with Gasteiger partial charge in [0.25, 0.3) is 10.0 Å². The number of hydrogen-bond donors (Lipinski definition) is 1. The van der Waals surface area contributed by atoms with E-state index in [0.717, 1.165) is 5.92 Å². The molecule has 0 unspecified atom stereocenters. The summed E-state index contributed by atoms with van der Waals surface area (Å²) in [5.74, 6) is 1.46. The van der Waals surface area contributed by atoms with Gasteiger partial charge in [0.1, 0.15) is 4.90 Å². The van der Waals surface area contributed by atoms with E-state index in [1.165, 1.54) is 69.1 Å². The van der Waals surface area contributed by atoms with Crippen LogP contribution < -0.4 is 4.72 Å². The van der Waals surface area contributed by atoms with Crippen molar-refractivity contribution in [3.05, 3.63) is 58.1 Å². The highest BCUT2D eigenvalue weighted by Crippen LogP contribution is 2.38. The molecule has 0 atom stereocenters. The van der Waals surface area contributed by atoms with Crippen LogP contribution in [0.5, 0.6) is 0 Å². The Morgan fingerprint density at radius 1 is 0.966 bits per heavy atom. The highest BCUT2D eigenvalue weighted by atomic mass is 35.5. The molecule has 1 aliphatic rings. The summed E-state index contributed by atoms with van der Waals surface area (Å²) >= 11 is 12.0. The van der Waals surface area contributed by atoms with Crippen molar-refractivity contribution < 1.29 is 8.42 Å². The molecule has 1 N–H and O–H groups in total. The maximum atomic E-state index is 12.7. The molecule has 1 saturated carbocycles. The SMILES string of the molecule is CCCCCC1CCC(c2ccc(NS(=O)(=O)c3cc(Cl)ccc3Cl)cc2)CC1. The van der Waals surface area contributed by atoms with Crippen LogP contribution in [0, 0.1) is 5.92 Å². The molecular formula is C23H29Cl2NO2S. The zero-order valence-corrected chi connectivity index (χ0v) is 19.2. The summed E-state index contributed by atoms with van der Waals surface area (Å²) in [7, 11) is -3.79. The fourth-order valence-electron chi connectivity index (χ4n) is 4.18. The lowest BCUT2D eigenvalue weighted by atomic mass is 9.77. The van der Waals surface area contributed by atoms with E-state index in [9.17, 15) is 8.42 Å². The summed E-state index contributed by atoms with van der Waals surface area (Å²) in [4.78, 5) is -0.0165. The normalized spacial score (nSPS) is 19.8. The van der Waals surface area contributed by atoms with Gasteiger partial charge in [-0.15, -0.1) is 0 Å². The molecule has 0 saturated heterocycles. The number of sulfonamides is 1. The van der Waals surface area contributed by atoms with Crippen LogP contribution in [-0.4, -0.2) is 8.42 Å². The van der Waals surface area contributed by atoms with Crippen molar-refractivity contribution in [2.75, 3.05) is 4.72 Å². The van der Waals surface area contributed by atoms with Crippen molar-refractivity contribution in [2.24, 2.45) is 5.92 Å². The summed E-state index contributed by atoms with van der Waals surface area (Å²) < 4.78 is 27.9. The van der Waals surface area contributed by atoms with Gasteiger partial charge in [-0.05, 0) is 73.4 Å². The van der Waals surface area contributed by atoms with Crippen LogP contribution in [0.1, 0.15) is 69.8 Å². The average molecular weight is 454 g/mol. The van der Waals surface area contributed by atoms with Crippen molar-refractivity contribution in [2.45, 2.75) is 69.1 Å². The Labute approximate surface area is 184 Å². The molecule has 6 heteroatoms. The molecule has 158 valence electrons. The fraction of sp³-hybridized carbons (Fsp3) is 0.478. The number of nitrogens with one attached hydrogen (secondary N) is 1. The average Bonchev–Trinajstić information content (AvgIpc) is 2.71. The molecule has 2 aromatic carbocycles. The Morgan fingerprint density at radius 2 is 1.66 bits per heavy atom. The highest BCUT2D eigenvalue weighted by Gasteiger charge is 2.23. The minimum Gasteiger partial charge on any atom is -0.280 e. The maximum Gasteiger partial charge on any atom is 0.263 e. The predicted molar refractivity (Wildman–Crippen MR) is 123 cm³/mol. The van der Waals surface area contributed by atoms with Gasteiger partial charge >= 0.3 is 0 Å². The van der Waals surface area contributed by atoms with Crippen molar-refractivity contribution in [1.29, 1.82) is 0 Å². The van der Waals surface area contributed by atoms with Gasteiger partial charge in [0, 0.05) is 10.7 Å². The molecule has 29 heavy (non-hydrogen) atoms. The Morgan fingerprint density at radius 3 is 2.31 bits per heavy atom. The van der Waals surface area contributed by atoms with Gasteiger partial charge in [0.15, 0.2) is 0 Å². The van der Waals surface area contributed by atoms with Gasteiger partial charge in [-0.2, -0.15) is 0 Å². The lowest BCUT2D eigenvalue weighted by Crippen LogP contribution is -2.14. The van der Waals surface area contributed by atoms with E-state index in [1.54, 1.807) is 6.07 Å². The zero-order valence-electron chi connectivity index (χ0n) is 16.8. The highest BCUT2D eigenvalue weighted by molar-refractivity contribution is 7.92. The first kappa shape index (κ1) is 22.5. The van der Waals surface area contributed by atoms with Crippen molar-refractivity contribution >= 4 is 38.9 Å². The van der Waals surface area contributed by atoms with Gasteiger partial charge in [0.2, 0.25) is 0 Å². The van der Waals surface area contributed by atoms with Crippen molar-refractivity contribution in [3.63, 3.8) is 0 Å². The third-order valence-corrected chi connectivity index (χ3v) is 7.98. The number of benzene rings is 2. The largest absolute Gasteiger partial charge is 0.280 e. The molecule has 1 aliphatic carbocycles. The van der Waals surface area contributed by atoms with Crippen molar-refractivity contribution in [1.82, 2.24) is 0 Å². The topological polar surface area (TPSA) is 46.2 Å².